The average Bonchev–Trinajstić information content (AvgIpc) is 2.81. The molecule has 1 rings (SSSR count). The van der Waals surface area contributed by atoms with E-state index >= 15 is 0 Å². The van der Waals surface area contributed by atoms with E-state index in [4.69, 9.17) is 10.8 Å². The van der Waals surface area contributed by atoms with Gasteiger partial charge in [-0.15, -0.1) is 0 Å². The van der Waals surface area contributed by atoms with Gasteiger partial charge in [0.05, 0.1) is 13.0 Å². The summed E-state index contributed by atoms with van der Waals surface area (Å²) in [6, 6.07) is 0.0545. The second-order valence-electron chi connectivity index (χ2n) is 8.09. The molecule has 35 heavy (non-hydrogen) atoms. The van der Waals surface area contributed by atoms with Gasteiger partial charge < -0.3 is 42.1 Å². The molecule has 0 aromatic heterocycles. The van der Waals surface area contributed by atoms with Crippen molar-refractivity contribution in [3.8, 4) is 5.75 Å². The molecule has 0 heterocycles. The van der Waals surface area contributed by atoms with Gasteiger partial charge in [0.1, 0.15) is 29.9 Å². The van der Waals surface area contributed by atoms with Crippen molar-refractivity contribution >= 4 is 29.7 Å². The number of rotatable bonds is 14. The average molecular weight is 497 g/mol. The zero-order valence-corrected chi connectivity index (χ0v) is 19.4. The number of aliphatic carboxylic acids is 2. The molecule has 1 aromatic rings. The number of hydrogen-bond acceptors (Lipinski definition) is 8. The van der Waals surface area contributed by atoms with E-state index in [1.165, 1.54) is 24.3 Å². The minimum Gasteiger partial charge on any atom is -0.508 e. The van der Waals surface area contributed by atoms with Crippen LogP contribution in [0.1, 0.15) is 32.3 Å². The van der Waals surface area contributed by atoms with Crippen molar-refractivity contribution in [3.63, 3.8) is 0 Å². The maximum absolute atomic E-state index is 13.0. The maximum atomic E-state index is 13.0. The Labute approximate surface area is 201 Å². The van der Waals surface area contributed by atoms with Gasteiger partial charge in [-0.1, -0.05) is 32.4 Å². The predicted octanol–water partition coefficient (Wildman–Crippen LogP) is -1.69. The molecule has 9 N–H and O–H groups in total. The molecule has 5 atom stereocenters. The summed E-state index contributed by atoms with van der Waals surface area (Å²) in [6.45, 7) is 2.62. The number of nitrogens with one attached hydrogen (secondary N) is 3. The lowest BCUT2D eigenvalue weighted by Gasteiger charge is -2.26. The summed E-state index contributed by atoms with van der Waals surface area (Å²) in [4.78, 5) is 60.8. The van der Waals surface area contributed by atoms with Crippen molar-refractivity contribution in [1.82, 2.24) is 16.0 Å². The number of aliphatic hydroxyl groups is 1. The Kier molecular flexibility index (Phi) is 11.6. The van der Waals surface area contributed by atoms with Crippen molar-refractivity contribution in [1.29, 1.82) is 0 Å². The maximum Gasteiger partial charge on any atom is 0.326 e. The molecule has 0 radical (unpaired) electrons. The van der Waals surface area contributed by atoms with Gasteiger partial charge in [0.25, 0.3) is 0 Å². The number of carbonyl (C=O) groups excluding carboxylic acids is 3. The Bertz CT molecular complexity index is 907. The molecule has 0 aliphatic heterocycles. The first-order valence-corrected chi connectivity index (χ1v) is 10.9. The smallest absolute Gasteiger partial charge is 0.326 e. The number of hydrogen-bond donors (Lipinski definition) is 8. The first-order chi connectivity index (χ1) is 16.4. The van der Waals surface area contributed by atoms with E-state index in [1.54, 1.807) is 13.8 Å². The molecular formula is C22H32N4O9. The number of aromatic hydroxyl groups is 1. The standard InChI is InChI=1S/C22H32N4O9/c1-3-11(2)18(22(34)35)26-21(33)16(9-17(29)30)25-20(32)15(24-19(31)14(23)10-27)8-12-4-6-13(28)7-5-12/h4-7,11,14-16,18,27-28H,3,8-10,23H2,1-2H3,(H,24,31)(H,25,32)(H,26,33)(H,29,30)(H,34,35). The molecule has 0 bridgehead atoms. The third-order valence-electron chi connectivity index (χ3n) is 5.33. The Morgan fingerprint density at radius 1 is 0.914 bits per heavy atom. The van der Waals surface area contributed by atoms with Crippen LogP contribution in [0.2, 0.25) is 0 Å². The highest BCUT2D eigenvalue weighted by Crippen LogP contribution is 2.12. The van der Waals surface area contributed by atoms with Crippen LogP contribution in [0.15, 0.2) is 24.3 Å². The van der Waals surface area contributed by atoms with Gasteiger partial charge in [0, 0.05) is 6.42 Å². The number of aliphatic hydroxyl groups excluding tert-OH is 1. The van der Waals surface area contributed by atoms with Crippen LogP contribution < -0.4 is 21.7 Å². The van der Waals surface area contributed by atoms with Gasteiger partial charge in [0.2, 0.25) is 17.7 Å². The van der Waals surface area contributed by atoms with Crippen LogP contribution in [-0.2, 0) is 30.4 Å². The molecule has 0 saturated carbocycles. The van der Waals surface area contributed by atoms with Gasteiger partial charge in [-0.05, 0) is 23.6 Å². The van der Waals surface area contributed by atoms with Gasteiger partial charge in [-0.2, -0.15) is 0 Å². The van der Waals surface area contributed by atoms with E-state index in [-0.39, 0.29) is 12.2 Å². The van der Waals surface area contributed by atoms with Crippen LogP contribution >= 0.6 is 0 Å². The number of phenolic OH excluding ortho intramolecular Hbond substituents is 1. The summed E-state index contributed by atoms with van der Waals surface area (Å²) in [5, 5.41) is 44.0. The lowest BCUT2D eigenvalue weighted by atomic mass is 9.98. The van der Waals surface area contributed by atoms with E-state index in [2.05, 4.69) is 16.0 Å². The van der Waals surface area contributed by atoms with Crippen LogP contribution in [0, 0.1) is 5.92 Å². The summed E-state index contributed by atoms with van der Waals surface area (Å²) in [5.74, 6) is -6.07. The van der Waals surface area contributed by atoms with Crippen LogP contribution in [0.25, 0.3) is 0 Å². The number of carboxylic acid groups (broad SMARTS) is 2. The molecule has 0 spiro atoms. The zero-order valence-electron chi connectivity index (χ0n) is 19.4. The van der Waals surface area contributed by atoms with E-state index in [9.17, 15) is 39.3 Å². The van der Waals surface area contributed by atoms with Crippen molar-refractivity contribution in [2.75, 3.05) is 6.61 Å². The van der Waals surface area contributed by atoms with Crippen LogP contribution in [0.5, 0.6) is 5.75 Å². The number of carboxylic acids is 2. The lowest BCUT2D eigenvalue weighted by molar-refractivity contribution is -0.144. The summed E-state index contributed by atoms with van der Waals surface area (Å²) in [7, 11) is 0. The summed E-state index contributed by atoms with van der Waals surface area (Å²) >= 11 is 0. The predicted molar refractivity (Wildman–Crippen MR) is 122 cm³/mol. The fourth-order valence-electron chi connectivity index (χ4n) is 3.03. The number of nitrogens with two attached hydrogens (primary N) is 1. The Morgan fingerprint density at radius 3 is 1.94 bits per heavy atom. The van der Waals surface area contributed by atoms with Gasteiger partial charge in [-0.25, -0.2) is 4.79 Å². The first-order valence-electron chi connectivity index (χ1n) is 10.9. The van der Waals surface area contributed by atoms with E-state index < -0.39 is 72.8 Å². The third kappa shape index (κ3) is 9.59. The number of benzene rings is 1. The molecule has 0 aliphatic carbocycles. The van der Waals surface area contributed by atoms with Crippen molar-refractivity contribution in [2.24, 2.45) is 11.7 Å². The minimum atomic E-state index is -1.64. The second kappa shape index (κ2) is 13.9. The molecular weight excluding hydrogens is 464 g/mol. The molecule has 0 saturated heterocycles. The Balaban J connectivity index is 3.14. The van der Waals surface area contributed by atoms with E-state index in [1.807, 2.05) is 0 Å². The molecule has 194 valence electrons. The van der Waals surface area contributed by atoms with Crippen LogP contribution in [-0.4, -0.2) is 80.9 Å². The molecule has 0 aliphatic rings. The second-order valence-corrected chi connectivity index (χ2v) is 8.09. The minimum absolute atomic E-state index is 0.0337. The van der Waals surface area contributed by atoms with Crippen LogP contribution in [0.3, 0.4) is 0 Å². The van der Waals surface area contributed by atoms with Crippen molar-refractivity contribution in [2.45, 2.75) is 57.3 Å². The third-order valence-corrected chi connectivity index (χ3v) is 5.33. The Hall–Kier alpha value is -3.71. The topological polar surface area (TPSA) is 228 Å². The molecule has 3 amide bonds. The molecule has 13 heteroatoms. The largest absolute Gasteiger partial charge is 0.508 e. The van der Waals surface area contributed by atoms with Crippen molar-refractivity contribution in [3.05, 3.63) is 29.8 Å². The number of phenols is 1. The highest BCUT2D eigenvalue weighted by molar-refractivity contribution is 5.95. The summed E-state index contributed by atoms with van der Waals surface area (Å²) in [5.41, 5.74) is 6.00. The molecule has 5 unspecified atom stereocenters. The Morgan fingerprint density at radius 2 is 1.46 bits per heavy atom. The van der Waals surface area contributed by atoms with E-state index in [0.717, 1.165) is 0 Å². The lowest BCUT2D eigenvalue weighted by Crippen LogP contribution is -2.58. The molecule has 1 aromatic carbocycles. The number of amides is 3. The molecule has 13 nitrogen and oxygen atoms in total. The zero-order chi connectivity index (χ0) is 26.7. The van der Waals surface area contributed by atoms with E-state index in [0.29, 0.717) is 12.0 Å². The highest BCUT2D eigenvalue weighted by Gasteiger charge is 2.33. The van der Waals surface area contributed by atoms with Gasteiger partial charge in [-0.3, -0.25) is 19.2 Å². The fraction of sp³-hybridized carbons (Fsp3) is 0.500. The summed E-state index contributed by atoms with van der Waals surface area (Å²) in [6.07, 6.45) is -0.554. The SMILES string of the molecule is CCC(C)C(NC(=O)C(CC(=O)O)NC(=O)C(Cc1ccc(O)cc1)NC(=O)C(N)CO)C(=O)O. The quantitative estimate of drug-likeness (QED) is 0.146. The van der Waals surface area contributed by atoms with Gasteiger partial charge >= 0.3 is 11.9 Å². The normalized spacial score (nSPS) is 15.1. The van der Waals surface area contributed by atoms with Crippen LogP contribution in [0.4, 0.5) is 0 Å². The molecule has 0 fully saturated rings. The monoisotopic (exact) mass is 496 g/mol. The van der Waals surface area contributed by atoms with Gasteiger partial charge in [0.15, 0.2) is 0 Å². The number of carbonyl (C=O) groups is 5. The summed E-state index contributed by atoms with van der Waals surface area (Å²) < 4.78 is 0. The first kappa shape index (κ1) is 29.3. The highest BCUT2D eigenvalue weighted by atomic mass is 16.4. The fourth-order valence-corrected chi connectivity index (χ4v) is 3.03. The van der Waals surface area contributed by atoms with Crippen molar-refractivity contribution < 1.29 is 44.4 Å².